The quantitative estimate of drug-likeness (QED) is 0.861. The summed E-state index contributed by atoms with van der Waals surface area (Å²) in [6.45, 7) is -0.769. The second-order valence-corrected chi connectivity index (χ2v) is 3.23. The fraction of sp³-hybridized carbons (Fsp3) is 0.286. The first-order chi connectivity index (χ1) is 6.40. The van der Waals surface area contributed by atoms with Crippen LogP contribution in [0, 0.1) is 0 Å². The number of thiophene rings is 1. The molecule has 0 radical (unpaired) electrons. The van der Waals surface area contributed by atoms with Crippen LogP contribution in [0.25, 0.3) is 0 Å². The molecule has 0 unspecified atom stereocenters. The number of rotatable bonds is 3. The molecule has 0 aliphatic rings. The third-order valence-electron chi connectivity index (χ3n) is 1.33. The molecule has 1 aromatic heterocycles. The Kier molecular flexibility index (Phi) is 3.12. The molecule has 0 bridgehead atoms. The highest BCUT2D eigenvalue weighted by atomic mass is 32.1. The maximum absolute atomic E-state index is 11.6. The Morgan fingerprint density at radius 1 is 1.57 bits per heavy atom. The van der Waals surface area contributed by atoms with Gasteiger partial charge in [0.25, 0.3) is 0 Å². The molecule has 0 aromatic carbocycles. The third-order valence-corrected chi connectivity index (χ3v) is 2.28. The van der Waals surface area contributed by atoms with E-state index in [2.05, 4.69) is 4.74 Å². The van der Waals surface area contributed by atoms with Gasteiger partial charge in [0.05, 0.1) is 6.61 Å². The molecule has 0 saturated carbocycles. The van der Waals surface area contributed by atoms with Crippen LogP contribution in [0.2, 0.25) is 0 Å². The molecule has 3 nitrogen and oxygen atoms in total. The summed E-state index contributed by atoms with van der Waals surface area (Å²) in [5, 5.41) is 9.96. The molecule has 0 amide bonds. The van der Waals surface area contributed by atoms with Crippen LogP contribution in [0.1, 0.15) is 15.2 Å². The molecular formula is C7H5F3O3S. The van der Waals surface area contributed by atoms with Crippen molar-refractivity contribution in [3.05, 3.63) is 21.9 Å². The predicted octanol–water partition coefficient (Wildman–Crippen LogP) is 2.48. The van der Waals surface area contributed by atoms with Gasteiger partial charge in [-0.2, -0.15) is 0 Å². The molecular weight excluding hydrogens is 221 g/mol. The molecule has 0 aliphatic carbocycles. The van der Waals surface area contributed by atoms with Gasteiger partial charge in [-0.05, 0) is 11.4 Å². The van der Waals surface area contributed by atoms with Crippen molar-refractivity contribution in [3.8, 4) is 0 Å². The van der Waals surface area contributed by atoms with Crippen molar-refractivity contribution in [1.82, 2.24) is 0 Å². The Morgan fingerprint density at radius 3 is 2.71 bits per heavy atom. The zero-order chi connectivity index (χ0) is 10.8. The van der Waals surface area contributed by atoms with Crippen LogP contribution in [0.3, 0.4) is 0 Å². The van der Waals surface area contributed by atoms with Gasteiger partial charge in [-0.15, -0.1) is 24.5 Å². The lowest BCUT2D eigenvalue weighted by Crippen LogP contribution is -2.13. The van der Waals surface area contributed by atoms with Gasteiger partial charge in [-0.3, -0.25) is 4.74 Å². The lowest BCUT2D eigenvalue weighted by molar-refractivity contribution is -0.330. The van der Waals surface area contributed by atoms with Gasteiger partial charge < -0.3 is 5.11 Å². The Balaban J connectivity index is 2.68. The van der Waals surface area contributed by atoms with E-state index in [4.69, 9.17) is 5.11 Å². The van der Waals surface area contributed by atoms with E-state index in [1.807, 2.05) is 0 Å². The van der Waals surface area contributed by atoms with E-state index in [-0.39, 0.29) is 10.4 Å². The molecule has 0 spiro atoms. The van der Waals surface area contributed by atoms with Crippen molar-refractivity contribution < 1.29 is 27.8 Å². The lowest BCUT2D eigenvalue weighted by atomic mass is 10.3. The lowest BCUT2D eigenvalue weighted by Gasteiger charge is -2.06. The maximum Gasteiger partial charge on any atom is 0.522 e. The Hall–Kier alpha value is -1.08. The van der Waals surface area contributed by atoms with Crippen molar-refractivity contribution in [2.75, 3.05) is 0 Å². The first-order valence-electron chi connectivity index (χ1n) is 3.40. The summed E-state index contributed by atoms with van der Waals surface area (Å²) in [7, 11) is 0. The smallest absolute Gasteiger partial charge is 0.477 e. The van der Waals surface area contributed by atoms with Crippen LogP contribution in [-0.4, -0.2) is 17.4 Å². The minimum Gasteiger partial charge on any atom is -0.477 e. The molecule has 0 fully saturated rings. The van der Waals surface area contributed by atoms with E-state index in [0.29, 0.717) is 0 Å². The summed E-state index contributed by atoms with van der Waals surface area (Å²) in [4.78, 5) is 10.4. The van der Waals surface area contributed by atoms with Crippen molar-refractivity contribution >= 4 is 17.3 Å². The first-order valence-corrected chi connectivity index (χ1v) is 4.28. The number of ether oxygens (including phenoxy) is 1. The number of alkyl halides is 3. The molecule has 0 saturated heterocycles. The van der Waals surface area contributed by atoms with Gasteiger partial charge in [0.2, 0.25) is 0 Å². The standard InChI is InChI=1S/C7H5F3O3S/c8-7(9,10)13-3-4-1-2-14-5(4)6(11)12/h1-2H,3H2,(H,11,12). The molecule has 0 aliphatic heterocycles. The summed E-state index contributed by atoms with van der Waals surface area (Å²) in [5.74, 6) is -1.25. The maximum atomic E-state index is 11.6. The van der Waals surface area contributed by atoms with Crippen LogP contribution in [-0.2, 0) is 11.3 Å². The fourth-order valence-electron chi connectivity index (χ4n) is 0.797. The molecule has 7 heteroatoms. The number of hydrogen-bond acceptors (Lipinski definition) is 3. The highest BCUT2D eigenvalue weighted by Gasteiger charge is 2.29. The largest absolute Gasteiger partial charge is 0.522 e. The number of carboxylic acids is 1. The van der Waals surface area contributed by atoms with Gasteiger partial charge in [0.1, 0.15) is 4.88 Å². The van der Waals surface area contributed by atoms with Crippen LogP contribution in [0.15, 0.2) is 11.4 Å². The Labute approximate surface area is 80.7 Å². The summed E-state index contributed by atoms with van der Waals surface area (Å²) in [6.07, 6.45) is -4.74. The number of hydrogen-bond donors (Lipinski definition) is 1. The van der Waals surface area contributed by atoms with Crippen molar-refractivity contribution in [2.24, 2.45) is 0 Å². The summed E-state index contributed by atoms with van der Waals surface area (Å²) >= 11 is 0.861. The van der Waals surface area contributed by atoms with Crippen LogP contribution in [0.4, 0.5) is 13.2 Å². The second-order valence-electron chi connectivity index (χ2n) is 2.31. The number of carboxylic acid groups (broad SMARTS) is 1. The molecule has 0 atom stereocenters. The summed E-state index contributed by atoms with van der Waals surface area (Å²) < 4.78 is 38.4. The van der Waals surface area contributed by atoms with E-state index in [0.717, 1.165) is 11.3 Å². The van der Waals surface area contributed by atoms with Crippen LogP contribution >= 0.6 is 11.3 Å². The fourth-order valence-corrected chi connectivity index (χ4v) is 1.54. The van der Waals surface area contributed by atoms with Crippen molar-refractivity contribution in [3.63, 3.8) is 0 Å². The van der Waals surface area contributed by atoms with Gasteiger partial charge in [0, 0.05) is 5.56 Å². The topological polar surface area (TPSA) is 46.5 Å². The molecule has 1 rings (SSSR count). The predicted molar refractivity (Wildman–Crippen MR) is 42.1 cm³/mol. The Bertz CT molecular complexity index is 331. The second kappa shape index (κ2) is 3.97. The van der Waals surface area contributed by atoms with Gasteiger partial charge in [0.15, 0.2) is 0 Å². The first kappa shape index (κ1) is 11.0. The zero-order valence-electron chi connectivity index (χ0n) is 6.67. The monoisotopic (exact) mass is 226 g/mol. The molecule has 1 heterocycles. The zero-order valence-corrected chi connectivity index (χ0v) is 7.48. The number of carbonyl (C=O) groups is 1. The minimum absolute atomic E-state index is 0.0276. The number of halogens is 3. The van der Waals surface area contributed by atoms with Crippen LogP contribution < -0.4 is 0 Å². The SMILES string of the molecule is O=C(O)c1sccc1COC(F)(F)F. The van der Waals surface area contributed by atoms with E-state index in [1.54, 1.807) is 0 Å². The van der Waals surface area contributed by atoms with Crippen molar-refractivity contribution in [1.29, 1.82) is 0 Å². The highest BCUT2D eigenvalue weighted by Crippen LogP contribution is 2.22. The molecule has 78 valence electrons. The van der Waals surface area contributed by atoms with Crippen LogP contribution in [0.5, 0.6) is 0 Å². The molecule has 1 aromatic rings. The summed E-state index contributed by atoms with van der Waals surface area (Å²) in [5.41, 5.74) is 0.0276. The minimum atomic E-state index is -4.74. The normalized spacial score (nSPS) is 11.6. The van der Waals surface area contributed by atoms with E-state index >= 15 is 0 Å². The van der Waals surface area contributed by atoms with E-state index in [9.17, 15) is 18.0 Å². The number of aromatic carboxylic acids is 1. The Morgan fingerprint density at radius 2 is 2.21 bits per heavy atom. The third kappa shape index (κ3) is 3.00. The molecule has 14 heavy (non-hydrogen) atoms. The highest BCUT2D eigenvalue weighted by molar-refractivity contribution is 7.12. The average Bonchev–Trinajstić information content (AvgIpc) is 2.46. The van der Waals surface area contributed by atoms with E-state index in [1.165, 1.54) is 11.4 Å². The van der Waals surface area contributed by atoms with Gasteiger partial charge >= 0.3 is 12.3 Å². The molecule has 1 N–H and O–H groups in total. The van der Waals surface area contributed by atoms with Crippen molar-refractivity contribution in [2.45, 2.75) is 13.0 Å². The average molecular weight is 226 g/mol. The van der Waals surface area contributed by atoms with E-state index < -0.39 is 18.9 Å². The van der Waals surface area contributed by atoms with Gasteiger partial charge in [-0.25, -0.2) is 4.79 Å². The van der Waals surface area contributed by atoms with Gasteiger partial charge in [-0.1, -0.05) is 0 Å². The summed E-state index contributed by atoms with van der Waals surface area (Å²) in [6, 6.07) is 1.29.